The van der Waals surface area contributed by atoms with E-state index in [-0.39, 0.29) is 35.6 Å². The van der Waals surface area contributed by atoms with Crippen LogP contribution in [0.1, 0.15) is 42.1 Å². The first-order valence-corrected chi connectivity index (χ1v) is 12.4. The summed E-state index contributed by atoms with van der Waals surface area (Å²) in [6.07, 6.45) is 4.00. The zero-order chi connectivity index (χ0) is 24.2. The molecule has 1 N–H and O–H groups in total. The van der Waals surface area contributed by atoms with Crippen LogP contribution in [-0.4, -0.2) is 29.4 Å². The summed E-state index contributed by atoms with van der Waals surface area (Å²) in [7, 11) is 0. The highest BCUT2D eigenvalue weighted by molar-refractivity contribution is 5.83. The number of hydrogen-bond donors (Lipinski definition) is 1. The zero-order valence-corrected chi connectivity index (χ0v) is 20.9. The van der Waals surface area contributed by atoms with Crippen LogP contribution < -0.4 is 22.9 Å². The van der Waals surface area contributed by atoms with Crippen LogP contribution in [-0.2, 0) is 12.8 Å². The maximum absolute atomic E-state index is 13.9. The molecule has 1 fully saturated rings. The number of piperidine rings is 1. The van der Waals surface area contributed by atoms with Crippen LogP contribution in [0.5, 0.6) is 0 Å². The highest BCUT2D eigenvalue weighted by Gasteiger charge is 2.26. The fourth-order valence-corrected chi connectivity index (χ4v) is 5.18. The van der Waals surface area contributed by atoms with Crippen LogP contribution in [0.2, 0.25) is 0 Å². The molecule has 1 aliphatic heterocycles. The van der Waals surface area contributed by atoms with E-state index in [0.29, 0.717) is 11.8 Å². The normalized spacial score (nSPS) is 17.6. The molecule has 188 valence electrons. The molecule has 1 aromatic heterocycles. The zero-order valence-electron chi connectivity index (χ0n) is 20.1. The van der Waals surface area contributed by atoms with Crippen molar-refractivity contribution in [1.82, 2.24) is 9.78 Å². The maximum Gasteiger partial charge on any atom is 0.274 e. The summed E-state index contributed by atoms with van der Waals surface area (Å²) in [6, 6.07) is 21.1. The fraction of sp³-hybridized carbons (Fsp3) is 0.310. The molecule has 2 heterocycles. The van der Waals surface area contributed by atoms with Gasteiger partial charge in [0.1, 0.15) is 11.6 Å². The van der Waals surface area contributed by atoms with Gasteiger partial charge in [0.15, 0.2) is 0 Å². The minimum absolute atomic E-state index is 0. The van der Waals surface area contributed by atoms with Gasteiger partial charge in [0, 0.05) is 31.1 Å². The van der Waals surface area contributed by atoms with Crippen molar-refractivity contribution in [3.05, 3.63) is 112 Å². The van der Waals surface area contributed by atoms with Gasteiger partial charge in [-0.15, -0.1) is 0 Å². The summed E-state index contributed by atoms with van der Waals surface area (Å²) in [4.78, 5) is 14.8. The maximum atomic E-state index is 13.9. The monoisotopic (exact) mass is 509 g/mol. The van der Waals surface area contributed by atoms with E-state index in [1.165, 1.54) is 23.1 Å². The number of benzene rings is 3. The van der Waals surface area contributed by atoms with Gasteiger partial charge in [-0.1, -0.05) is 48.5 Å². The molecule has 4 nitrogen and oxygen atoms in total. The Hall–Kier alpha value is -3.09. The smallest absolute Gasteiger partial charge is 0.274 e. The van der Waals surface area contributed by atoms with Gasteiger partial charge >= 0.3 is 0 Å². The first-order valence-electron chi connectivity index (χ1n) is 12.4. The summed E-state index contributed by atoms with van der Waals surface area (Å²) >= 11 is 0. The molecular formula is C29H30ClF2N3O. The second-order valence-corrected chi connectivity index (χ2v) is 9.47. The van der Waals surface area contributed by atoms with Crippen molar-refractivity contribution < 1.29 is 26.1 Å². The molecule has 0 radical (unpaired) electrons. The summed E-state index contributed by atoms with van der Waals surface area (Å²) in [6.45, 7) is 2.93. The van der Waals surface area contributed by atoms with Crippen LogP contribution >= 0.6 is 0 Å². The van der Waals surface area contributed by atoms with Crippen molar-refractivity contribution in [3.63, 3.8) is 0 Å². The largest absolute Gasteiger partial charge is 1.00 e. The van der Waals surface area contributed by atoms with Crippen molar-refractivity contribution in [1.29, 1.82) is 0 Å². The highest BCUT2D eigenvalue weighted by atomic mass is 35.5. The van der Waals surface area contributed by atoms with Crippen molar-refractivity contribution >= 4 is 10.8 Å². The predicted octanol–water partition coefficient (Wildman–Crippen LogP) is 1.12. The van der Waals surface area contributed by atoms with Crippen LogP contribution in [0.4, 0.5) is 8.78 Å². The molecule has 0 atom stereocenters. The summed E-state index contributed by atoms with van der Waals surface area (Å²) in [5.74, 6) is -0.390. The van der Waals surface area contributed by atoms with Gasteiger partial charge in [0.25, 0.3) is 5.56 Å². The third kappa shape index (κ3) is 5.82. The van der Waals surface area contributed by atoms with E-state index < -0.39 is 0 Å². The number of rotatable bonds is 7. The Bertz CT molecular complexity index is 1370. The van der Waals surface area contributed by atoms with E-state index in [4.69, 9.17) is 5.10 Å². The lowest BCUT2D eigenvalue weighted by Gasteiger charge is -2.30. The SMILES string of the molecule is O=c1c2ccccc2c(Cc2ccc(F)cc2)nn1C1CC[NH+](CCCc2ccccc2F)CC1.[Cl-]. The Labute approximate surface area is 216 Å². The lowest BCUT2D eigenvalue weighted by Crippen LogP contribution is -3.13. The minimum atomic E-state index is -0.264. The average Bonchev–Trinajstić information content (AvgIpc) is 2.89. The fourth-order valence-electron chi connectivity index (χ4n) is 5.18. The van der Waals surface area contributed by atoms with Crippen molar-refractivity contribution in [2.24, 2.45) is 0 Å². The van der Waals surface area contributed by atoms with E-state index in [9.17, 15) is 13.6 Å². The van der Waals surface area contributed by atoms with Crippen LogP contribution in [0.15, 0.2) is 77.6 Å². The molecule has 7 heteroatoms. The quantitative estimate of drug-likeness (QED) is 0.406. The van der Waals surface area contributed by atoms with E-state index >= 15 is 0 Å². The van der Waals surface area contributed by atoms with Gasteiger partial charge in [-0.25, -0.2) is 13.5 Å². The van der Waals surface area contributed by atoms with Crippen molar-refractivity contribution in [2.45, 2.75) is 38.1 Å². The van der Waals surface area contributed by atoms with E-state index in [1.807, 2.05) is 36.4 Å². The Morgan fingerprint density at radius 1 is 0.889 bits per heavy atom. The lowest BCUT2D eigenvalue weighted by molar-refractivity contribution is -0.906. The topological polar surface area (TPSA) is 39.3 Å². The first-order chi connectivity index (χ1) is 17.1. The predicted molar refractivity (Wildman–Crippen MR) is 134 cm³/mol. The molecule has 5 rings (SSSR count). The van der Waals surface area contributed by atoms with Gasteiger partial charge in [0.05, 0.1) is 36.8 Å². The molecule has 4 aromatic rings. The van der Waals surface area contributed by atoms with Crippen LogP contribution in [0.3, 0.4) is 0 Å². The molecule has 1 saturated heterocycles. The summed E-state index contributed by atoms with van der Waals surface area (Å²) < 4.78 is 28.9. The number of nitrogens with zero attached hydrogens (tertiary/aromatic N) is 2. The number of hydrogen-bond acceptors (Lipinski definition) is 2. The van der Waals surface area contributed by atoms with E-state index in [0.717, 1.165) is 67.5 Å². The van der Waals surface area contributed by atoms with Gasteiger partial charge in [-0.2, -0.15) is 5.10 Å². The van der Waals surface area contributed by atoms with Gasteiger partial charge in [0.2, 0.25) is 0 Å². The third-order valence-corrected chi connectivity index (χ3v) is 7.13. The van der Waals surface area contributed by atoms with E-state index in [2.05, 4.69) is 0 Å². The van der Waals surface area contributed by atoms with Gasteiger partial charge in [-0.3, -0.25) is 4.79 Å². The molecule has 0 amide bonds. The minimum Gasteiger partial charge on any atom is -1.00 e. The number of aryl methyl sites for hydroxylation is 1. The molecule has 1 aliphatic rings. The molecular weight excluding hydrogens is 480 g/mol. The third-order valence-electron chi connectivity index (χ3n) is 7.13. The number of aromatic nitrogens is 2. The number of nitrogens with one attached hydrogen (secondary N) is 1. The Kier molecular flexibility index (Phi) is 8.49. The average molecular weight is 510 g/mol. The van der Waals surface area contributed by atoms with Crippen molar-refractivity contribution in [2.75, 3.05) is 19.6 Å². The Balaban J connectivity index is 0.00000304. The van der Waals surface area contributed by atoms with Crippen LogP contribution in [0, 0.1) is 11.6 Å². The molecule has 0 spiro atoms. The molecule has 0 saturated carbocycles. The first kappa shape index (κ1) is 26.0. The standard InChI is InChI=1S/C29H29F2N3O.ClH/c30-23-13-11-21(12-14-23)20-28-25-8-2-3-9-26(25)29(35)34(32-28)24-15-18-33(19-16-24)17-5-7-22-6-1-4-10-27(22)31;/h1-4,6,8-14,24H,5,7,15-20H2;1H. The van der Waals surface area contributed by atoms with E-state index in [1.54, 1.807) is 22.9 Å². The Morgan fingerprint density at radius 2 is 1.56 bits per heavy atom. The highest BCUT2D eigenvalue weighted by Crippen LogP contribution is 2.21. The molecule has 0 bridgehead atoms. The van der Waals surface area contributed by atoms with Crippen molar-refractivity contribution in [3.8, 4) is 0 Å². The molecule has 3 aromatic carbocycles. The van der Waals surface area contributed by atoms with Gasteiger partial charge < -0.3 is 17.3 Å². The second kappa shape index (κ2) is 11.8. The van der Waals surface area contributed by atoms with Gasteiger partial charge in [-0.05, 0) is 41.8 Å². The molecule has 0 unspecified atom stereocenters. The second-order valence-electron chi connectivity index (χ2n) is 9.47. The summed E-state index contributed by atoms with van der Waals surface area (Å²) in [5.41, 5.74) is 2.54. The number of halogens is 3. The number of fused-ring (bicyclic) bond motifs is 1. The Morgan fingerprint density at radius 3 is 2.28 bits per heavy atom. The lowest BCUT2D eigenvalue weighted by atomic mass is 10.0. The molecule has 36 heavy (non-hydrogen) atoms. The molecule has 0 aliphatic carbocycles. The summed E-state index contributed by atoms with van der Waals surface area (Å²) in [5, 5.41) is 6.37. The number of likely N-dealkylation sites (tertiary alicyclic amines) is 1. The number of quaternary nitrogens is 1. The van der Waals surface area contributed by atoms with Crippen LogP contribution in [0.25, 0.3) is 10.8 Å².